The van der Waals surface area contributed by atoms with E-state index >= 15 is 0 Å². The molecule has 0 aromatic rings. The van der Waals surface area contributed by atoms with Gasteiger partial charge in [-0.05, 0) is 52.4 Å². The van der Waals surface area contributed by atoms with Gasteiger partial charge in [-0.25, -0.2) is 0 Å². The van der Waals surface area contributed by atoms with Gasteiger partial charge in [0.05, 0.1) is 0 Å². The molecule has 0 saturated carbocycles. The first-order chi connectivity index (χ1) is 5.72. The van der Waals surface area contributed by atoms with Crippen molar-refractivity contribution in [2.24, 2.45) is 11.8 Å². The first-order valence-corrected chi connectivity index (χ1v) is 5.51. The molecular formula is C12H25N. The van der Waals surface area contributed by atoms with Gasteiger partial charge in [0, 0.05) is 11.1 Å². The number of hydrogen-bond donors (Lipinski definition) is 1. The minimum atomic E-state index is 0.316. The van der Waals surface area contributed by atoms with Gasteiger partial charge in [-0.3, -0.25) is 0 Å². The zero-order chi connectivity index (χ0) is 10.3. The third-order valence-electron chi connectivity index (χ3n) is 3.16. The lowest BCUT2D eigenvalue weighted by Crippen LogP contribution is -2.58. The lowest BCUT2D eigenvalue weighted by atomic mass is 9.72. The summed E-state index contributed by atoms with van der Waals surface area (Å²) in [5.41, 5.74) is 0.632. The maximum atomic E-state index is 3.72. The van der Waals surface area contributed by atoms with Crippen molar-refractivity contribution in [2.45, 2.75) is 65.5 Å². The summed E-state index contributed by atoms with van der Waals surface area (Å²) in [5.74, 6) is 1.70. The lowest BCUT2D eigenvalue weighted by molar-refractivity contribution is 0.103. The maximum Gasteiger partial charge on any atom is 0.0132 e. The second-order valence-electron chi connectivity index (χ2n) is 6.31. The highest BCUT2D eigenvalue weighted by atomic mass is 15.0. The molecule has 0 aromatic heterocycles. The maximum absolute atomic E-state index is 3.72. The molecule has 1 N–H and O–H groups in total. The average molecular weight is 183 g/mol. The lowest BCUT2D eigenvalue weighted by Gasteiger charge is -2.47. The molecular weight excluding hydrogens is 158 g/mol. The van der Waals surface area contributed by atoms with Crippen LogP contribution in [-0.4, -0.2) is 11.1 Å². The summed E-state index contributed by atoms with van der Waals surface area (Å²) in [6, 6.07) is 0. The highest BCUT2D eigenvalue weighted by Crippen LogP contribution is 2.36. The molecule has 0 atom stereocenters. The van der Waals surface area contributed by atoms with E-state index in [1.165, 1.54) is 12.8 Å². The highest BCUT2D eigenvalue weighted by Gasteiger charge is 2.38. The average Bonchev–Trinajstić information content (AvgIpc) is 1.79. The fourth-order valence-electron chi connectivity index (χ4n) is 2.87. The van der Waals surface area contributed by atoms with Gasteiger partial charge in [-0.2, -0.15) is 0 Å². The first kappa shape index (κ1) is 11.0. The van der Waals surface area contributed by atoms with Crippen LogP contribution in [0.25, 0.3) is 0 Å². The van der Waals surface area contributed by atoms with Crippen LogP contribution in [0.5, 0.6) is 0 Å². The number of rotatable bonds is 1. The summed E-state index contributed by atoms with van der Waals surface area (Å²) < 4.78 is 0. The molecule has 0 amide bonds. The molecule has 78 valence electrons. The smallest absolute Gasteiger partial charge is 0.0132 e. The Morgan fingerprint density at radius 2 is 1.38 bits per heavy atom. The van der Waals surface area contributed by atoms with Crippen molar-refractivity contribution in [3.05, 3.63) is 0 Å². The van der Waals surface area contributed by atoms with E-state index in [1.807, 2.05) is 0 Å². The Morgan fingerprint density at radius 1 is 1.00 bits per heavy atom. The molecule has 1 heteroatoms. The summed E-state index contributed by atoms with van der Waals surface area (Å²) in [4.78, 5) is 0. The summed E-state index contributed by atoms with van der Waals surface area (Å²) >= 11 is 0. The number of piperidine rings is 1. The topological polar surface area (TPSA) is 12.0 Å². The predicted molar refractivity (Wildman–Crippen MR) is 58.9 cm³/mol. The Balaban J connectivity index is 2.72. The first-order valence-electron chi connectivity index (χ1n) is 5.51. The van der Waals surface area contributed by atoms with Crippen LogP contribution in [-0.2, 0) is 0 Å². The molecule has 0 bridgehead atoms. The molecule has 0 radical (unpaired) electrons. The minimum absolute atomic E-state index is 0.316. The van der Waals surface area contributed by atoms with E-state index in [0.717, 1.165) is 11.8 Å². The second kappa shape index (κ2) is 3.27. The third kappa shape index (κ3) is 2.98. The molecule has 1 saturated heterocycles. The van der Waals surface area contributed by atoms with Gasteiger partial charge < -0.3 is 5.32 Å². The Hall–Kier alpha value is -0.0400. The molecule has 0 aromatic carbocycles. The van der Waals surface area contributed by atoms with Gasteiger partial charge in [0.25, 0.3) is 0 Å². The van der Waals surface area contributed by atoms with Crippen molar-refractivity contribution in [2.75, 3.05) is 0 Å². The molecule has 1 fully saturated rings. The van der Waals surface area contributed by atoms with E-state index < -0.39 is 0 Å². The standard InChI is InChI=1S/C12H25N/c1-9(2)10-7-11(3,4)13-12(5,6)8-10/h9-10,13H,7-8H2,1-6H3. The largest absolute Gasteiger partial charge is 0.307 e. The normalized spacial score (nSPS) is 27.9. The van der Waals surface area contributed by atoms with Crippen LogP contribution in [0.2, 0.25) is 0 Å². The molecule has 1 nitrogen and oxygen atoms in total. The van der Waals surface area contributed by atoms with E-state index in [2.05, 4.69) is 46.9 Å². The van der Waals surface area contributed by atoms with Crippen LogP contribution in [0, 0.1) is 11.8 Å². The number of hydrogen-bond acceptors (Lipinski definition) is 1. The van der Waals surface area contributed by atoms with Crippen LogP contribution in [0.1, 0.15) is 54.4 Å². The minimum Gasteiger partial charge on any atom is -0.307 e. The van der Waals surface area contributed by atoms with Gasteiger partial charge in [0.2, 0.25) is 0 Å². The molecule has 13 heavy (non-hydrogen) atoms. The van der Waals surface area contributed by atoms with Crippen LogP contribution in [0.15, 0.2) is 0 Å². The second-order valence-corrected chi connectivity index (χ2v) is 6.31. The van der Waals surface area contributed by atoms with Crippen molar-refractivity contribution < 1.29 is 0 Å². The van der Waals surface area contributed by atoms with Crippen LogP contribution in [0.3, 0.4) is 0 Å². The van der Waals surface area contributed by atoms with Gasteiger partial charge in [-0.1, -0.05) is 13.8 Å². The fourth-order valence-corrected chi connectivity index (χ4v) is 2.87. The Morgan fingerprint density at radius 3 is 1.69 bits per heavy atom. The van der Waals surface area contributed by atoms with Crippen molar-refractivity contribution in [3.63, 3.8) is 0 Å². The third-order valence-corrected chi connectivity index (χ3v) is 3.16. The van der Waals surface area contributed by atoms with E-state index in [4.69, 9.17) is 0 Å². The zero-order valence-corrected chi connectivity index (χ0v) is 10.1. The van der Waals surface area contributed by atoms with Crippen molar-refractivity contribution in [3.8, 4) is 0 Å². The van der Waals surface area contributed by atoms with Crippen molar-refractivity contribution in [1.82, 2.24) is 5.32 Å². The molecule has 0 unspecified atom stereocenters. The molecule has 1 rings (SSSR count). The van der Waals surface area contributed by atoms with Gasteiger partial charge in [-0.15, -0.1) is 0 Å². The SMILES string of the molecule is CC(C)C1CC(C)(C)NC(C)(C)C1. The van der Waals surface area contributed by atoms with E-state index in [1.54, 1.807) is 0 Å². The summed E-state index contributed by atoms with van der Waals surface area (Å²) in [7, 11) is 0. The molecule has 1 aliphatic heterocycles. The molecule has 0 spiro atoms. The number of nitrogens with one attached hydrogen (secondary N) is 1. The summed E-state index contributed by atoms with van der Waals surface area (Å²) in [6.45, 7) is 14.0. The predicted octanol–water partition coefficient (Wildman–Crippen LogP) is 3.20. The summed E-state index contributed by atoms with van der Waals surface area (Å²) in [5, 5.41) is 3.72. The Kier molecular flexibility index (Phi) is 2.78. The van der Waals surface area contributed by atoms with Crippen molar-refractivity contribution >= 4 is 0 Å². The summed E-state index contributed by atoms with van der Waals surface area (Å²) in [6.07, 6.45) is 2.63. The van der Waals surface area contributed by atoms with E-state index in [9.17, 15) is 0 Å². The van der Waals surface area contributed by atoms with Crippen LogP contribution < -0.4 is 5.32 Å². The van der Waals surface area contributed by atoms with Gasteiger partial charge in [0.1, 0.15) is 0 Å². The molecule has 0 aliphatic carbocycles. The monoisotopic (exact) mass is 183 g/mol. The van der Waals surface area contributed by atoms with Gasteiger partial charge in [0.15, 0.2) is 0 Å². The Labute approximate surface area is 83.3 Å². The Bertz CT molecular complexity index is 164. The molecule has 1 aliphatic rings. The molecule has 1 heterocycles. The van der Waals surface area contributed by atoms with E-state index in [0.29, 0.717) is 11.1 Å². The van der Waals surface area contributed by atoms with Gasteiger partial charge >= 0.3 is 0 Å². The highest BCUT2D eigenvalue weighted by molar-refractivity contribution is 4.97. The van der Waals surface area contributed by atoms with Crippen LogP contribution in [0.4, 0.5) is 0 Å². The fraction of sp³-hybridized carbons (Fsp3) is 1.00. The van der Waals surface area contributed by atoms with Crippen molar-refractivity contribution in [1.29, 1.82) is 0 Å². The zero-order valence-electron chi connectivity index (χ0n) is 10.1. The van der Waals surface area contributed by atoms with Crippen LogP contribution >= 0.6 is 0 Å². The quantitative estimate of drug-likeness (QED) is 0.658. The van der Waals surface area contributed by atoms with E-state index in [-0.39, 0.29) is 0 Å².